The Morgan fingerprint density at radius 3 is 2.88 bits per heavy atom. The van der Waals surface area contributed by atoms with Gasteiger partial charge >= 0.3 is 6.09 Å². The molecule has 1 aromatic heterocycles. The second kappa shape index (κ2) is 4.98. The van der Waals surface area contributed by atoms with Crippen LogP contribution in [0, 0.1) is 6.92 Å². The topological polar surface area (TPSA) is 84.2 Å². The van der Waals surface area contributed by atoms with Crippen LogP contribution >= 0.6 is 11.6 Å². The summed E-state index contributed by atoms with van der Waals surface area (Å²) in [5.41, 5.74) is 0.262. The number of carbonyl (C=O) groups is 2. The lowest BCUT2D eigenvalue weighted by Crippen LogP contribution is -2.35. The predicted octanol–water partition coefficient (Wildman–Crippen LogP) is 1.31. The average Bonchev–Trinajstić information content (AvgIpc) is 2.40. The van der Waals surface area contributed by atoms with Gasteiger partial charge in [0.1, 0.15) is 11.5 Å². The molecule has 0 saturated carbocycles. The zero-order chi connectivity index (χ0) is 12.3. The van der Waals surface area contributed by atoms with Crippen molar-refractivity contribution in [1.82, 2.24) is 14.9 Å². The summed E-state index contributed by atoms with van der Waals surface area (Å²) in [5.74, 6) is 0.575. The third-order valence-corrected chi connectivity index (χ3v) is 2.37. The second-order valence-corrected chi connectivity index (χ2v) is 3.77. The number of carboxylic acid groups (broad SMARTS) is 1. The summed E-state index contributed by atoms with van der Waals surface area (Å²) < 4.78 is 1.58. The zero-order valence-corrected chi connectivity index (χ0v) is 9.65. The first-order valence-electron chi connectivity index (χ1n) is 4.63. The van der Waals surface area contributed by atoms with E-state index in [2.05, 4.69) is 10.3 Å². The van der Waals surface area contributed by atoms with Gasteiger partial charge in [-0.3, -0.25) is 4.79 Å². The van der Waals surface area contributed by atoms with E-state index >= 15 is 0 Å². The number of amides is 1. The van der Waals surface area contributed by atoms with Gasteiger partial charge in [0.2, 0.25) is 0 Å². The molecule has 0 spiro atoms. The van der Waals surface area contributed by atoms with Gasteiger partial charge < -0.3 is 15.0 Å². The van der Waals surface area contributed by atoms with Crippen molar-refractivity contribution in [2.75, 3.05) is 0 Å². The van der Waals surface area contributed by atoms with Gasteiger partial charge in [-0.1, -0.05) is 11.6 Å². The quantitative estimate of drug-likeness (QED) is 0.784. The monoisotopic (exact) mass is 245 g/mol. The molecule has 6 nitrogen and oxygen atoms in total. The lowest BCUT2D eigenvalue weighted by atomic mass is 10.3. The Labute approximate surface area is 97.2 Å². The van der Waals surface area contributed by atoms with Gasteiger partial charge in [-0.15, -0.1) is 0 Å². The van der Waals surface area contributed by atoms with Crippen LogP contribution in [0.1, 0.15) is 23.2 Å². The number of imidazole rings is 1. The molecule has 0 aliphatic heterocycles. The number of carbonyl (C=O) groups excluding carboxylic acids is 1. The van der Waals surface area contributed by atoms with Crippen LogP contribution in [0.25, 0.3) is 0 Å². The minimum absolute atomic E-state index is 0.134. The summed E-state index contributed by atoms with van der Waals surface area (Å²) in [5, 5.41) is 11.0. The number of aromatic nitrogens is 2. The number of aryl methyl sites for hydroxylation is 1. The molecule has 1 amide bonds. The smallest absolute Gasteiger partial charge is 0.404 e. The largest absolute Gasteiger partial charge is 0.465 e. The van der Waals surface area contributed by atoms with E-state index in [9.17, 15) is 9.59 Å². The minimum Gasteiger partial charge on any atom is -0.465 e. The molecule has 0 aromatic carbocycles. The summed E-state index contributed by atoms with van der Waals surface area (Å²) in [7, 11) is 0. The van der Waals surface area contributed by atoms with E-state index in [0.717, 1.165) is 0 Å². The molecule has 0 bridgehead atoms. The number of hydrogen-bond donors (Lipinski definition) is 2. The highest BCUT2D eigenvalue weighted by Gasteiger charge is 2.15. The van der Waals surface area contributed by atoms with Crippen molar-refractivity contribution in [3.05, 3.63) is 16.7 Å². The Kier molecular flexibility index (Phi) is 3.89. The van der Waals surface area contributed by atoms with Gasteiger partial charge in [0.05, 0.1) is 0 Å². The van der Waals surface area contributed by atoms with E-state index in [0.29, 0.717) is 18.7 Å². The van der Waals surface area contributed by atoms with Crippen molar-refractivity contribution in [2.45, 2.75) is 26.4 Å². The van der Waals surface area contributed by atoms with Crippen molar-refractivity contribution in [1.29, 1.82) is 0 Å². The second-order valence-electron chi connectivity index (χ2n) is 3.41. The lowest BCUT2D eigenvalue weighted by Gasteiger charge is -2.14. The Morgan fingerprint density at radius 2 is 2.38 bits per heavy atom. The fraction of sp³-hybridized carbons (Fsp3) is 0.444. The molecule has 88 valence electrons. The molecular formula is C9H12ClN3O3. The van der Waals surface area contributed by atoms with Crippen molar-refractivity contribution < 1.29 is 14.7 Å². The van der Waals surface area contributed by atoms with Crippen LogP contribution in [0.5, 0.6) is 0 Å². The molecule has 1 heterocycles. The average molecular weight is 246 g/mol. The Bertz CT molecular complexity index is 416. The van der Waals surface area contributed by atoms with Gasteiger partial charge in [-0.05, 0) is 13.8 Å². The maximum absolute atomic E-state index is 10.8. The predicted molar refractivity (Wildman–Crippen MR) is 58.0 cm³/mol. The highest BCUT2D eigenvalue weighted by atomic mass is 35.5. The minimum atomic E-state index is -1.11. The summed E-state index contributed by atoms with van der Waals surface area (Å²) in [6, 6.07) is -0.333. The first-order valence-corrected chi connectivity index (χ1v) is 5.00. The lowest BCUT2D eigenvalue weighted by molar-refractivity contribution is 0.111. The molecule has 1 aromatic rings. The molecule has 0 aliphatic rings. The molecule has 0 aliphatic carbocycles. The van der Waals surface area contributed by atoms with Crippen molar-refractivity contribution in [3.8, 4) is 0 Å². The fourth-order valence-corrected chi connectivity index (χ4v) is 1.69. The van der Waals surface area contributed by atoms with E-state index in [4.69, 9.17) is 16.7 Å². The number of aldehydes is 1. The van der Waals surface area contributed by atoms with Gasteiger partial charge in [0.15, 0.2) is 11.4 Å². The molecule has 1 rings (SSSR count). The Hall–Kier alpha value is -1.56. The van der Waals surface area contributed by atoms with Gasteiger partial charge in [-0.2, -0.15) is 0 Å². The third kappa shape index (κ3) is 2.73. The zero-order valence-electron chi connectivity index (χ0n) is 8.90. The normalized spacial score (nSPS) is 12.2. The van der Waals surface area contributed by atoms with Crippen LogP contribution in [0.3, 0.4) is 0 Å². The maximum Gasteiger partial charge on any atom is 0.404 e. The molecule has 2 N–H and O–H groups in total. The highest BCUT2D eigenvalue weighted by Crippen LogP contribution is 2.15. The molecule has 0 radical (unpaired) electrons. The first kappa shape index (κ1) is 12.5. The Balaban J connectivity index is 2.87. The highest BCUT2D eigenvalue weighted by molar-refractivity contribution is 6.31. The molecular weight excluding hydrogens is 234 g/mol. The number of nitrogens with zero attached hydrogens (tertiary/aromatic N) is 2. The van der Waals surface area contributed by atoms with E-state index in [1.54, 1.807) is 18.4 Å². The van der Waals surface area contributed by atoms with E-state index in [-0.39, 0.29) is 16.9 Å². The van der Waals surface area contributed by atoms with Crippen molar-refractivity contribution in [3.63, 3.8) is 0 Å². The number of rotatable bonds is 4. The standard InChI is InChI=1S/C9H12ClN3O3/c1-5(11-9(15)16)3-13-6(2)12-8(10)7(13)4-14/h4-5,11H,3H2,1-2H3,(H,15,16). The van der Waals surface area contributed by atoms with Crippen molar-refractivity contribution in [2.24, 2.45) is 0 Å². The van der Waals surface area contributed by atoms with Crippen LogP contribution in [0.2, 0.25) is 5.15 Å². The van der Waals surface area contributed by atoms with Crippen LogP contribution in [-0.4, -0.2) is 33.1 Å². The van der Waals surface area contributed by atoms with Crippen LogP contribution in [0.4, 0.5) is 4.79 Å². The van der Waals surface area contributed by atoms with E-state index in [1.165, 1.54) is 0 Å². The van der Waals surface area contributed by atoms with Crippen molar-refractivity contribution >= 4 is 24.0 Å². The molecule has 16 heavy (non-hydrogen) atoms. The van der Waals surface area contributed by atoms with E-state index < -0.39 is 6.09 Å². The van der Waals surface area contributed by atoms with Gasteiger partial charge in [-0.25, -0.2) is 9.78 Å². The SMILES string of the molecule is Cc1nc(Cl)c(C=O)n1CC(C)NC(=O)O. The molecule has 7 heteroatoms. The maximum atomic E-state index is 10.8. The molecule has 1 unspecified atom stereocenters. The molecule has 0 saturated heterocycles. The number of hydrogen-bond acceptors (Lipinski definition) is 3. The third-order valence-electron chi connectivity index (χ3n) is 2.09. The summed E-state index contributed by atoms with van der Waals surface area (Å²) in [4.78, 5) is 25.1. The summed E-state index contributed by atoms with van der Waals surface area (Å²) >= 11 is 5.74. The van der Waals surface area contributed by atoms with E-state index in [1.807, 2.05) is 0 Å². The van der Waals surface area contributed by atoms with Crippen LogP contribution in [0.15, 0.2) is 0 Å². The van der Waals surface area contributed by atoms with Crippen LogP contribution < -0.4 is 5.32 Å². The molecule has 0 fully saturated rings. The first-order chi connectivity index (χ1) is 7.45. The number of halogens is 1. The van der Waals surface area contributed by atoms with Crippen LogP contribution in [-0.2, 0) is 6.54 Å². The van der Waals surface area contributed by atoms with Gasteiger partial charge in [0, 0.05) is 12.6 Å². The van der Waals surface area contributed by atoms with Gasteiger partial charge in [0.25, 0.3) is 0 Å². The fourth-order valence-electron chi connectivity index (χ4n) is 1.42. The summed E-state index contributed by atoms with van der Waals surface area (Å²) in [6.45, 7) is 3.70. The number of nitrogens with one attached hydrogen (secondary N) is 1. The molecule has 1 atom stereocenters. The summed E-state index contributed by atoms with van der Waals surface area (Å²) in [6.07, 6.45) is -0.500. The Morgan fingerprint density at radius 1 is 1.75 bits per heavy atom.